The molecule has 3 rings (SSSR count). The molecule has 0 amide bonds. The first-order valence-electron chi connectivity index (χ1n) is 7.99. The standard InChI is InChI=1S/C21H14F3NOS/c1-14-2-9-19(10-3-14)27-20-11-8-18(26-20)12-16(13-25)15-4-6-17(7-5-15)21(22,23)24/h2-12H,1H3/b16-12-. The normalized spacial score (nSPS) is 12.0. The van der Waals surface area contributed by atoms with E-state index in [1.807, 2.05) is 37.3 Å². The fourth-order valence-corrected chi connectivity index (χ4v) is 3.13. The lowest BCUT2D eigenvalue weighted by atomic mass is 10.0. The molecule has 0 radical (unpaired) electrons. The van der Waals surface area contributed by atoms with Gasteiger partial charge in [0.15, 0.2) is 5.09 Å². The number of allylic oxidation sites excluding steroid dienone is 1. The van der Waals surface area contributed by atoms with Crippen molar-refractivity contribution in [3.8, 4) is 6.07 Å². The zero-order valence-corrected chi connectivity index (χ0v) is 15.1. The van der Waals surface area contributed by atoms with Crippen molar-refractivity contribution in [2.45, 2.75) is 23.1 Å². The summed E-state index contributed by atoms with van der Waals surface area (Å²) in [5.41, 5.74) is 1.04. The van der Waals surface area contributed by atoms with E-state index >= 15 is 0 Å². The SMILES string of the molecule is Cc1ccc(Sc2ccc(/C=C(/C#N)c3ccc(C(F)(F)F)cc3)o2)cc1. The van der Waals surface area contributed by atoms with Crippen LogP contribution in [0.3, 0.4) is 0 Å². The minimum atomic E-state index is -4.40. The van der Waals surface area contributed by atoms with Crippen molar-refractivity contribution in [2.24, 2.45) is 0 Å². The highest BCUT2D eigenvalue weighted by atomic mass is 32.2. The van der Waals surface area contributed by atoms with Crippen LogP contribution >= 0.6 is 11.8 Å². The van der Waals surface area contributed by atoms with Crippen molar-refractivity contribution in [1.29, 1.82) is 5.26 Å². The summed E-state index contributed by atoms with van der Waals surface area (Å²) in [7, 11) is 0. The highest BCUT2D eigenvalue weighted by Crippen LogP contribution is 2.32. The van der Waals surface area contributed by atoms with Crippen molar-refractivity contribution in [3.63, 3.8) is 0 Å². The number of hydrogen-bond donors (Lipinski definition) is 0. The van der Waals surface area contributed by atoms with E-state index < -0.39 is 11.7 Å². The minimum Gasteiger partial charge on any atom is -0.450 e. The zero-order valence-electron chi connectivity index (χ0n) is 14.2. The Labute approximate surface area is 158 Å². The second-order valence-corrected chi connectivity index (χ2v) is 6.89. The molecule has 2 aromatic carbocycles. The number of nitriles is 1. The minimum absolute atomic E-state index is 0.227. The van der Waals surface area contributed by atoms with Gasteiger partial charge in [0.25, 0.3) is 0 Å². The number of halogens is 3. The van der Waals surface area contributed by atoms with Crippen LogP contribution in [0.25, 0.3) is 11.6 Å². The van der Waals surface area contributed by atoms with E-state index in [1.54, 1.807) is 12.1 Å². The summed E-state index contributed by atoms with van der Waals surface area (Å²) < 4.78 is 43.7. The number of benzene rings is 2. The first-order valence-corrected chi connectivity index (χ1v) is 8.80. The summed E-state index contributed by atoms with van der Waals surface area (Å²) in [6, 6.07) is 18.0. The molecule has 0 fully saturated rings. The Morgan fingerprint density at radius 1 is 1.00 bits per heavy atom. The van der Waals surface area contributed by atoms with E-state index in [0.717, 1.165) is 22.6 Å². The van der Waals surface area contributed by atoms with Crippen LogP contribution in [-0.4, -0.2) is 0 Å². The molecule has 0 bridgehead atoms. The van der Waals surface area contributed by atoms with Crippen molar-refractivity contribution >= 4 is 23.4 Å². The van der Waals surface area contributed by atoms with Gasteiger partial charge in [0, 0.05) is 4.90 Å². The molecule has 6 heteroatoms. The quantitative estimate of drug-likeness (QED) is 0.462. The highest BCUT2D eigenvalue weighted by molar-refractivity contribution is 7.99. The topological polar surface area (TPSA) is 36.9 Å². The van der Waals surface area contributed by atoms with Gasteiger partial charge in [0.1, 0.15) is 5.76 Å². The van der Waals surface area contributed by atoms with Gasteiger partial charge in [-0.3, -0.25) is 0 Å². The van der Waals surface area contributed by atoms with Crippen LogP contribution in [0.4, 0.5) is 13.2 Å². The molecular formula is C21H14F3NOS. The van der Waals surface area contributed by atoms with Gasteiger partial charge in [-0.15, -0.1) is 0 Å². The van der Waals surface area contributed by atoms with E-state index in [9.17, 15) is 18.4 Å². The summed E-state index contributed by atoms with van der Waals surface area (Å²) in [5.74, 6) is 0.459. The third-order valence-electron chi connectivity index (χ3n) is 3.77. The van der Waals surface area contributed by atoms with E-state index in [1.165, 1.54) is 30.0 Å². The molecule has 2 nitrogen and oxygen atoms in total. The summed E-state index contributed by atoms with van der Waals surface area (Å²) in [4.78, 5) is 1.02. The Morgan fingerprint density at radius 2 is 1.67 bits per heavy atom. The smallest absolute Gasteiger partial charge is 0.416 e. The van der Waals surface area contributed by atoms with Crippen molar-refractivity contribution in [3.05, 3.63) is 83.1 Å². The molecule has 0 N–H and O–H groups in total. The average molecular weight is 385 g/mol. The van der Waals surface area contributed by atoms with Crippen LogP contribution < -0.4 is 0 Å². The van der Waals surface area contributed by atoms with Gasteiger partial charge in [-0.1, -0.05) is 41.6 Å². The third kappa shape index (κ3) is 4.83. The molecular weight excluding hydrogens is 371 g/mol. The fourth-order valence-electron chi connectivity index (χ4n) is 2.35. The highest BCUT2D eigenvalue weighted by Gasteiger charge is 2.30. The summed E-state index contributed by atoms with van der Waals surface area (Å²) >= 11 is 1.45. The number of hydrogen-bond acceptors (Lipinski definition) is 3. The van der Waals surface area contributed by atoms with Crippen LogP contribution in [0, 0.1) is 18.3 Å². The van der Waals surface area contributed by atoms with Gasteiger partial charge in [0.05, 0.1) is 17.2 Å². The molecule has 0 aliphatic rings. The third-order valence-corrected chi connectivity index (χ3v) is 4.70. The predicted molar refractivity (Wildman–Crippen MR) is 98.9 cm³/mol. The monoisotopic (exact) mass is 385 g/mol. The van der Waals surface area contributed by atoms with E-state index in [2.05, 4.69) is 0 Å². The van der Waals surface area contributed by atoms with E-state index in [4.69, 9.17) is 4.42 Å². The van der Waals surface area contributed by atoms with Crippen molar-refractivity contribution in [2.75, 3.05) is 0 Å². The molecule has 0 aliphatic heterocycles. The second-order valence-electron chi connectivity index (χ2n) is 5.82. The number of alkyl halides is 3. The van der Waals surface area contributed by atoms with Crippen molar-refractivity contribution in [1.82, 2.24) is 0 Å². The average Bonchev–Trinajstić information content (AvgIpc) is 3.08. The second kappa shape index (κ2) is 7.77. The predicted octanol–water partition coefficient (Wildman–Crippen LogP) is 6.82. The maximum absolute atomic E-state index is 12.7. The molecule has 0 spiro atoms. The largest absolute Gasteiger partial charge is 0.450 e. The molecule has 0 saturated heterocycles. The van der Waals surface area contributed by atoms with Gasteiger partial charge < -0.3 is 4.42 Å². The van der Waals surface area contributed by atoms with E-state index in [-0.39, 0.29) is 5.57 Å². The lowest BCUT2D eigenvalue weighted by molar-refractivity contribution is -0.137. The molecule has 0 unspecified atom stereocenters. The molecule has 0 aliphatic carbocycles. The number of furan rings is 1. The molecule has 3 aromatic rings. The van der Waals surface area contributed by atoms with Gasteiger partial charge in [-0.05, 0) is 55.0 Å². The van der Waals surface area contributed by atoms with Crippen molar-refractivity contribution < 1.29 is 17.6 Å². The number of aryl methyl sites for hydroxylation is 1. The lowest BCUT2D eigenvalue weighted by Gasteiger charge is -2.07. The maximum atomic E-state index is 12.7. The Hall–Kier alpha value is -2.91. The van der Waals surface area contributed by atoms with Gasteiger partial charge in [-0.2, -0.15) is 18.4 Å². The lowest BCUT2D eigenvalue weighted by Crippen LogP contribution is -2.04. The van der Waals surface area contributed by atoms with Crippen LogP contribution in [0.5, 0.6) is 0 Å². The number of nitrogens with zero attached hydrogens (tertiary/aromatic N) is 1. The Balaban J connectivity index is 1.79. The first-order chi connectivity index (χ1) is 12.8. The molecule has 1 heterocycles. The molecule has 0 saturated carbocycles. The van der Waals surface area contributed by atoms with E-state index in [0.29, 0.717) is 16.4 Å². The molecule has 27 heavy (non-hydrogen) atoms. The Morgan fingerprint density at radius 3 is 2.26 bits per heavy atom. The Bertz CT molecular complexity index is 994. The molecule has 136 valence electrons. The number of rotatable bonds is 4. The van der Waals surface area contributed by atoms with Crippen LogP contribution in [0.1, 0.15) is 22.5 Å². The fraction of sp³-hybridized carbons (Fsp3) is 0.0952. The van der Waals surface area contributed by atoms with Gasteiger partial charge in [0.2, 0.25) is 0 Å². The summed E-state index contributed by atoms with van der Waals surface area (Å²) in [5, 5.41) is 10.0. The molecule has 1 aromatic heterocycles. The first kappa shape index (κ1) is 18.9. The van der Waals surface area contributed by atoms with Crippen LogP contribution in [0.15, 0.2) is 75.1 Å². The summed E-state index contributed by atoms with van der Waals surface area (Å²) in [6.45, 7) is 2.01. The van der Waals surface area contributed by atoms with Gasteiger partial charge >= 0.3 is 6.18 Å². The molecule has 0 atom stereocenters. The summed E-state index contributed by atoms with van der Waals surface area (Å²) in [6.07, 6.45) is -2.89. The Kier molecular flexibility index (Phi) is 5.43. The maximum Gasteiger partial charge on any atom is 0.416 e. The zero-order chi connectivity index (χ0) is 19.4. The van der Waals surface area contributed by atoms with Gasteiger partial charge in [-0.25, -0.2) is 0 Å². The van der Waals surface area contributed by atoms with Crippen LogP contribution in [0.2, 0.25) is 0 Å². The van der Waals surface area contributed by atoms with Crippen LogP contribution in [-0.2, 0) is 6.18 Å².